The second-order valence-electron chi connectivity index (χ2n) is 7.44. The van der Waals surface area contributed by atoms with Crippen molar-refractivity contribution in [2.75, 3.05) is 26.2 Å². The molecule has 132 valence electrons. The summed E-state index contributed by atoms with van der Waals surface area (Å²) in [6.45, 7) is 11.8. The number of rotatable bonds is 3. The van der Waals surface area contributed by atoms with E-state index in [1.807, 2.05) is 56.9 Å². The number of hydrogen-bond donors (Lipinski definition) is 0. The van der Waals surface area contributed by atoms with Crippen LogP contribution < -0.4 is 4.74 Å². The highest BCUT2D eigenvalue weighted by Crippen LogP contribution is 2.19. The van der Waals surface area contributed by atoms with E-state index in [0.29, 0.717) is 31.9 Å². The minimum absolute atomic E-state index is 0.0292. The summed E-state index contributed by atoms with van der Waals surface area (Å²) in [4.78, 5) is 28.5. The zero-order valence-corrected chi connectivity index (χ0v) is 15.3. The van der Waals surface area contributed by atoms with Crippen molar-refractivity contribution in [3.8, 4) is 5.75 Å². The molecule has 1 heterocycles. The van der Waals surface area contributed by atoms with Gasteiger partial charge in [0.1, 0.15) is 5.75 Å². The van der Waals surface area contributed by atoms with E-state index in [9.17, 15) is 9.59 Å². The van der Waals surface area contributed by atoms with Crippen molar-refractivity contribution in [1.29, 1.82) is 0 Å². The van der Waals surface area contributed by atoms with E-state index in [2.05, 4.69) is 0 Å². The molecule has 1 saturated heterocycles. The van der Waals surface area contributed by atoms with Crippen molar-refractivity contribution in [3.63, 3.8) is 0 Å². The van der Waals surface area contributed by atoms with Gasteiger partial charge in [0, 0.05) is 31.6 Å². The molecule has 1 aromatic rings. The highest BCUT2D eigenvalue weighted by molar-refractivity contribution is 5.83. The van der Waals surface area contributed by atoms with E-state index in [-0.39, 0.29) is 17.2 Å². The first kappa shape index (κ1) is 18.3. The highest BCUT2D eigenvalue weighted by atomic mass is 16.5. The van der Waals surface area contributed by atoms with Gasteiger partial charge in [0.05, 0.1) is 0 Å². The minimum atomic E-state index is -0.530. The van der Waals surface area contributed by atoms with E-state index in [0.717, 1.165) is 5.56 Å². The van der Waals surface area contributed by atoms with Crippen LogP contribution >= 0.6 is 0 Å². The van der Waals surface area contributed by atoms with E-state index < -0.39 is 6.10 Å². The average molecular weight is 332 g/mol. The Bertz CT molecular complexity index is 582. The SMILES string of the molecule is Cc1ccc(OC(C)C(=O)N2CCN(C(=O)C(C)(C)C)CC2)cc1. The fourth-order valence-electron chi connectivity index (χ4n) is 2.73. The molecule has 1 atom stereocenters. The smallest absolute Gasteiger partial charge is 0.263 e. The van der Waals surface area contributed by atoms with Gasteiger partial charge in [0.2, 0.25) is 5.91 Å². The second kappa shape index (κ2) is 7.24. The van der Waals surface area contributed by atoms with Gasteiger partial charge >= 0.3 is 0 Å². The topological polar surface area (TPSA) is 49.9 Å². The third kappa shape index (κ3) is 4.49. The van der Waals surface area contributed by atoms with E-state index >= 15 is 0 Å². The second-order valence-corrected chi connectivity index (χ2v) is 7.44. The van der Waals surface area contributed by atoms with Crippen LogP contribution in [0.15, 0.2) is 24.3 Å². The zero-order valence-electron chi connectivity index (χ0n) is 15.3. The fourth-order valence-corrected chi connectivity index (χ4v) is 2.73. The maximum absolute atomic E-state index is 12.5. The average Bonchev–Trinajstić information content (AvgIpc) is 2.55. The Labute approximate surface area is 144 Å². The molecule has 1 aromatic carbocycles. The Balaban J connectivity index is 1.88. The number of benzene rings is 1. The lowest BCUT2D eigenvalue weighted by atomic mass is 9.94. The fraction of sp³-hybridized carbons (Fsp3) is 0.579. The largest absolute Gasteiger partial charge is 0.481 e. The Morgan fingerprint density at radius 2 is 1.50 bits per heavy atom. The van der Waals surface area contributed by atoms with Crippen molar-refractivity contribution < 1.29 is 14.3 Å². The van der Waals surface area contributed by atoms with Gasteiger partial charge in [-0.2, -0.15) is 0 Å². The Hall–Kier alpha value is -2.04. The predicted octanol–water partition coefficient (Wildman–Crippen LogP) is 2.48. The molecule has 1 fully saturated rings. The van der Waals surface area contributed by atoms with Gasteiger partial charge < -0.3 is 14.5 Å². The highest BCUT2D eigenvalue weighted by Gasteiger charge is 2.32. The third-order valence-electron chi connectivity index (χ3n) is 4.20. The van der Waals surface area contributed by atoms with Crippen LogP contribution in [-0.4, -0.2) is 53.9 Å². The molecule has 0 bridgehead atoms. The molecule has 0 aromatic heterocycles. The molecular formula is C19H28N2O3. The minimum Gasteiger partial charge on any atom is -0.481 e. The molecule has 5 heteroatoms. The molecular weight excluding hydrogens is 304 g/mol. The molecule has 2 rings (SSSR count). The van der Waals surface area contributed by atoms with E-state index in [1.165, 1.54) is 0 Å². The first-order valence-corrected chi connectivity index (χ1v) is 8.50. The summed E-state index contributed by atoms with van der Waals surface area (Å²) < 4.78 is 5.74. The van der Waals surface area contributed by atoms with Crippen molar-refractivity contribution >= 4 is 11.8 Å². The molecule has 5 nitrogen and oxygen atoms in total. The first-order chi connectivity index (χ1) is 11.2. The lowest BCUT2D eigenvalue weighted by molar-refractivity contribution is -0.147. The van der Waals surface area contributed by atoms with Gasteiger partial charge in [0.15, 0.2) is 6.10 Å². The van der Waals surface area contributed by atoms with Crippen LogP contribution in [0.25, 0.3) is 0 Å². The summed E-state index contributed by atoms with van der Waals surface area (Å²) in [5.41, 5.74) is 0.773. The molecule has 0 spiro atoms. The summed E-state index contributed by atoms with van der Waals surface area (Å²) in [6.07, 6.45) is -0.530. The number of nitrogens with zero attached hydrogens (tertiary/aromatic N) is 2. The van der Waals surface area contributed by atoms with E-state index in [1.54, 1.807) is 11.8 Å². The van der Waals surface area contributed by atoms with Gasteiger partial charge in [0.25, 0.3) is 5.91 Å². The zero-order chi connectivity index (χ0) is 17.9. The molecule has 0 aliphatic carbocycles. The molecule has 2 amide bonds. The normalized spacial score (nSPS) is 16.7. The summed E-state index contributed by atoms with van der Waals surface area (Å²) in [5, 5.41) is 0. The first-order valence-electron chi connectivity index (χ1n) is 8.50. The molecule has 0 saturated carbocycles. The van der Waals surface area contributed by atoms with Crippen molar-refractivity contribution in [2.45, 2.75) is 40.7 Å². The van der Waals surface area contributed by atoms with Crippen molar-refractivity contribution in [3.05, 3.63) is 29.8 Å². The summed E-state index contributed by atoms with van der Waals surface area (Å²) in [7, 11) is 0. The molecule has 24 heavy (non-hydrogen) atoms. The summed E-state index contributed by atoms with van der Waals surface area (Å²) in [5.74, 6) is 0.806. The third-order valence-corrected chi connectivity index (χ3v) is 4.20. The standard InChI is InChI=1S/C19H28N2O3/c1-14-6-8-16(9-7-14)24-15(2)17(22)20-10-12-21(13-11-20)18(23)19(3,4)5/h6-9,15H,10-13H2,1-5H3. The van der Waals surface area contributed by atoms with Gasteiger partial charge in [-0.1, -0.05) is 38.5 Å². The quantitative estimate of drug-likeness (QED) is 0.854. The predicted molar refractivity (Wildman–Crippen MR) is 93.9 cm³/mol. The lowest BCUT2D eigenvalue weighted by Crippen LogP contribution is -2.55. The molecule has 1 aliphatic heterocycles. The Kier molecular flexibility index (Phi) is 5.52. The van der Waals surface area contributed by atoms with Crippen LogP contribution in [0.1, 0.15) is 33.3 Å². The Morgan fingerprint density at radius 1 is 1.00 bits per heavy atom. The molecule has 0 N–H and O–H groups in total. The summed E-state index contributed by atoms with van der Waals surface area (Å²) >= 11 is 0. The van der Waals surface area contributed by atoms with Crippen LogP contribution in [0.5, 0.6) is 5.75 Å². The van der Waals surface area contributed by atoms with Gasteiger partial charge in [-0.15, -0.1) is 0 Å². The maximum Gasteiger partial charge on any atom is 0.263 e. The molecule has 1 aliphatic rings. The maximum atomic E-state index is 12.5. The number of piperazine rings is 1. The van der Waals surface area contributed by atoms with Gasteiger partial charge in [-0.25, -0.2) is 0 Å². The van der Waals surface area contributed by atoms with Crippen LogP contribution in [0.2, 0.25) is 0 Å². The van der Waals surface area contributed by atoms with Crippen molar-refractivity contribution in [1.82, 2.24) is 9.80 Å². The van der Waals surface area contributed by atoms with E-state index in [4.69, 9.17) is 4.74 Å². The van der Waals surface area contributed by atoms with Crippen LogP contribution in [0, 0.1) is 12.3 Å². The van der Waals surface area contributed by atoms with Crippen LogP contribution in [0.4, 0.5) is 0 Å². The van der Waals surface area contributed by atoms with Crippen LogP contribution in [-0.2, 0) is 9.59 Å². The molecule has 1 unspecified atom stereocenters. The Morgan fingerprint density at radius 3 is 2.00 bits per heavy atom. The van der Waals surface area contributed by atoms with Crippen LogP contribution in [0.3, 0.4) is 0 Å². The van der Waals surface area contributed by atoms with Gasteiger partial charge in [-0.05, 0) is 26.0 Å². The van der Waals surface area contributed by atoms with Gasteiger partial charge in [-0.3, -0.25) is 9.59 Å². The monoisotopic (exact) mass is 332 g/mol. The number of aryl methyl sites for hydroxylation is 1. The number of amides is 2. The number of hydrogen-bond acceptors (Lipinski definition) is 3. The van der Waals surface area contributed by atoms with Crippen molar-refractivity contribution in [2.24, 2.45) is 5.41 Å². The number of ether oxygens (including phenoxy) is 1. The summed E-state index contributed by atoms with van der Waals surface area (Å²) in [6, 6.07) is 7.67. The number of carbonyl (C=O) groups is 2. The number of carbonyl (C=O) groups excluding carboxylic acids is 2. The molecule has 0 radical (unpaired) electrons. The lowest BCUT2D eigenvalue weighted by Gasteiger charge is -2.38.